The highest BCUT2D eigenvalue weighted by Crippen LogP contribution is 2.61. The van der Waals surface area contributed by atoms with E-state index in [-0.39, 0.29) is 54.7 Å². The number of halogens is 5. The molecule has 2 amide bonds. The Bertz CT molecular complexity index is 1250. The van der Waals surface area contributed by atoms with Gasteiger partial charge in [0.2, 0.25) is 5.91 Å². The van der Waals surface area contributed by atoms with Crippen LogP contribution >= 0.6 is 0 Å². The van der Waals surface area contributed by atoms with Crippen molar-refractivity contribution in [2.24, 2.45) is 11.8 Å². The number of hydrogen-bond donors (Lipinski definition) is 0. The molecule has 0 bridgehead atoms. The molecule has 1 aromatic heterocycles. The second-order valence-corrected chi connectivity index (χ2v) is 10.6. The van der Waals surface area contributed by atoms with Gasteiger partial charge in [-0.3, -0.25) is 9.59 Å². The van der Waals surface area contributed by atoms with E-state index in [1.54, 1.807) is 6.07 Å². The Hall–Kier alpha value is -2.72. The lowest BCUT2D eigenvalue weighted by atomic mass is 10.0. The maximum atomic E-state index is 14.6. The molecule has 1 saturated heterocycles. The number of benzene rings is 1. The monoisotopic (exact) mass is 510 g/mol. The standard InChI is InChI=1S/C25H27F5N4O2/c1-2-5-33-18-10-14(13-3-4-13)8-17(25(28,29)30)21(18)31-22(33)23(36)32-6-7-34(20(35)12-32)19-11-15-9-16(15)24(19,26)27/h8,10,13,15-16,19H,2-7,9,11-12H2,1H3. The number of piperazine rings is 1. The number of alkyl halides is 5. The van der Waals surface area contributed by atoms with Crippen LogP contribution in [0.25, 0.3) is 11.0 Å². The van der Waals surface area contributed by atoms with Crippen LogP contribution in [0.4, 0.5) is 22.0 Å². The van der Waals surface area contributed by atoms with E-state index in [2.05, 4.69) is 4.98 Å². The SMILES string of the molecule is CCCn1c(C(=O)N2CCN(C3CC4CC4C3(F)F)C(=O)C2)nc2c(C(F)(F)F)cc(C3CC3)cc21. The third-order valence-corrected chi connectivity index (χ3v) is 8.18. The molecule has 194 valence electrons. The van der Waals surface area contributed by atoms with E-state index in [1.807, 2.05) is 6.92 Å². The molecule has 1 aliphatic heterocycles. The van der Waals surface area contributed by atoms with Crippen molar-refractivity contribution in [2.45, 2.75) is 69.6 Å². The van der Waals surface area contributed by atoms with E-state index in [0.29, 0.717) is 18.4 Å². The van der Waals surface area contributed by atoms with Crippen LogP contribution in [0, 0.1) is 11.8 Å². The zero-order valence-corrected chi connectivity index (χ0v) is 19.8. The minimum atomic E-state index is -4.64. The van der Waals surface area contributed by atoms with Crippen molar-refractivity contribution in [3.05, 3.63) is 29.1 Å². The Labute approximate surface area is 204 Å². The van der Waals surface area contributed by atoms with E-state index in [4.69, 9.17) is 0 Å². The van der Waals surface area contributed by atoms with Gasteiger partial charge in [-0.1, -0.05) is 6.92 Å². The van der Waals surface area contributed by atoms with E-state index in [0.717, 1.165) is 18.9 Å². The zero-order chi connectivity index (χ0) is 25.6. The predicted octanol–water partition coefficient (Wildman–Crippen LogP) is 4.67. The average molecular weight is 511 g/mol. The van der Waals surface area contributed by atoms with Crippen LogP contribution in [0.3, 0.4) is 0 Å². The van der Waals surface area contributed by atoms with Gasteiger partial charge in [0.05, 0.1) is 17.1 Å². The Morgan fingerprint density at radius 1 is 1.17 bits per heavy atom. The fourth-order valence-corrected chi connectivity index (χ4v) is 6.06. The van der Waals surface area contributed by atoms with Crippen molar-refractivity contribution in [3.8, 4) is 0 Å². The molecule has 36 heavy (non-hydrogen) atoms. The van der Waals surface area contributed by atoms with E-state index >= 15 is 0 Å². The summed E-state index contributed by atoms with van der Waals surface area (Å²) in [6.07, 6.45) is -1.66. The van der Waals surface area contributed by atoms with Gasteiger partial charge in [-0.05, 0) is 61.6 Å². The molecular weight excluding hydrogens is 483 g/mol. The number of aromatic nitrogens is 2. The van der Waals surface area contributed by atoms with Crippen molar-refractivity contribution in [3.63, 3.8) is 0 Å². The molecule has 6 rings (SSSR count). The highest BCUT2D eigenvalue weighted by molar-refractivity contribution is 5.98. The number of imidazole rings is 1. The summed E-state index contributed by atoms with van der Waals surface area (Å²) in [5.74, 6) is -4.93. The van der Waals surface area contributed by atoms with Crippen LogP contribution in [-0.4, -0.2) is 62.8 Å². The molecule has 3 aliphatic carbocycles. The number of amides is 2. The highest BCUT2D eigenvalue weighted by atomic mass is 19.4. The fraction of sp³-hybridized carbons (Fsp3) is 0.640. The second kappa shape index (κ2) is 7.89. The lowest BCUT2D eigenvalue weighted by molar-refractivity contribution is -0.149. The highest BCUT2D eigenvalue weighted by Gasteiger charge is 2.67. The van der Waals surface area contributed by atoms with Gasteiger partial charge in [0, 0.05) is 25.6 Å². The van der Waals surface area contributed by atoms with Crippen molar-refractivity contribution >= 4 is 22.8 Å². The van der Waals surface area contributed by atoms with Gasteiger partial charge >= 0.3 is 6.18 Å². The molecule has 3 unspecified atom stereocenters. The van der Waals surface area contributed by atoms with Gasteiger partial charge in [0.25, 0.3) is 11.8 Å². The van der Waals surface area contributed by atoms with E-state index in [1.165, 1.54) is 14.4 Å². The molecule has 0 spiro atoms. The molecule has 2 aromatic rings. The maximum absolute atomic E-state index is 14.6. The van der Waals surface area contributed by atoms with Crippen LogP contribution in [0.15, 0.2) is 12.1 Å². The molecule has 3 atom stereocenters. The summed E-state index contributed by atoms with van der Waals surface area (Å²) in [5.41, 5.74) is -0.302. The topological polar surface area (TPSA) is 58.4 Å². The molecule has 11 heteroatoms. The van der Waals surface area contributed by atoms with Crippen molar-refractivity contribution in [2.75, 3.05) is 19.6 Å². The van der Waals surface area contributed by atoms with Crippen LogP contribution in [0.1, 0.15) is 66.7 Å². The molecule has 4 fully saturated rings. The minimum Gasteiger partial charge on any atom is -0.330 e. The van der Waals surface area contributed by atoms with Gasteiger partial charge in [-0.2, -0.15) is 13.2 Å². The smallest absolute Gasteiger partial charge is 0.330 e. The normalized spacial score (nSPS) is 27.6. The lowest BCUT2D eigenvalue weighted by Gasteiger charge is -2.40. The molecule has 2 heterocycles. The molecule has 4 aliphatic rings. The largest absolute Gasteiger partial charge is 0.418 e. The van der Waals surface area contributed by atoms with Gasteiger partial charge in [-0.15, -0.1) is 0 Å². The van der Waals surface area contributed by atoms with Crippen LogP contribution in [-0.2, 0) is 17.5 Å². The summed E-state index contributed by atoms with van der Waals surface area (Å²) in [6, 6.07) is 1.68. The summed E-state index contributed by atoms with van der Waals surface area (Å²) < 4.78 is 72.6. The maximum Gasteiger partial charge on any atom is 0.418 e. The first-order valence-corrected chi connectivity index (χ1v) is 12.6. The number of fused-ring (bicyclic) bond motifs is 2. The number of rotatable bonds is 5. The third-order valence-electron chi connectivity index (χ3n) is 8.18. The fourth-order valence-electron chi connectivity index (χ4n) is 6.06. The molecule has 3 saturated carbocycles. The first-order valence-electron chi connectivity index (χ1n) is 12.6. The third kappa shape index (κ3) is 3.68. The summed E-state index contributed by atoms with van der Waals surface area (Å²) >= 11 is 0. The van der Waals surface area contributed by atoms with Gasteiger partial charge in [0.15, 0.2) is 5.82 Å². The summed E-state index contributed by atoms with van der Waals surface area (Å²) in [4.78, 5) is 32.9. The predicted molar refractivity (Wildman–Crippen MR) is 120 cm³/mol. The number of aryl methyl sites for hydroxylation is 1. The van der Waals surface area contributed by atoms with Crippen LogP contribution in [0.5, 0.6) is 0 Å². The molecular formula is C25H27F5N4O2. The molecule has 0 N–H and O–H groups in total. The summed E-state index contributed by atoms with van der Waals surface area (Å²) in [6.45, 7) is 1.74. The number of hydrogen-bond acceptors (Lipinski definition) is 3. The van der Waals surface area contributed by atoms with Crippen molar-refractivity contribution in [1.29, 1.82) is 0 Å². The minimum absolute atomic E-state index is 0.0290. The Morgan fingerprint density at radius 3 is 2.50 bits per heavy atom. The number of nitrogens with zero attached hydrogens (tertiary/aromatic N) is 4. The molecule has 6 nitrogen and oxygen atoms in total. The first kappa shape index (κ1) is 23.7. The van der Waals surface area contributed by atoms with E-state index in [9.17, 15) is 31.5 Å². The first-order chi connectivity index (χ1) is 17.0. The second-order valence-electron chi connectivity index (χ2n) is 10.6. The molecule has 1 aromatic carbocycles. The zero-order valence-electron chi connectivity index (χ0n) is 19.8. The Morgan fingerprint density at radius 2 is 1.92 bits per heavy atom. The quantitative estimate of drug-likeness (QED) is 0.550. The Balaban J connectivity index is 1.31. The van der Waals surface area contributed by atoms with E-state index < -0.39 is 48.0 Å². The Kier molecular flexibility index (Phi) is 5.18. The van der Waals surface area contributed by atoms with Crippen LogP contribution in [0.2, 0.25) is 0 Å². The van der Waals surface area contributed by atoms with Crippen LogP contribution < -0.4 is 0 Å². The van der Waals surface area contributed by atoms with Crippen molar-refractivity contribution in [1.82, 2.24) is 19.4 Å². The summed E-state index contributed by atoms with van der Waals surface area (Å²) in [5, 5.41) is 0. The van der Waals surface area contributed by atoms with Gasteiger partial charge in [0.1, 0.15) is 12.1 Å². The molecule has 0 radical (unpaired) electrons. The number of carbonyl (C=O) groups is 2. The van der Waals surface area contributed by atoms with Gasteiger partial charge in [-0.25, -0.2) is 13.8 Å². The van der Waals surface area contributed by atoms with Gasteiger partial charge < -0.3 is 14.4 Å². The number of carbonyl (C=O) groups excluding carboxylic acids is 2. The lowest BCUT2D eigenvalue weighted by Crippen LogP contribution is -2.59. The summed E-state index contributed by atoms with van der Waals surface area (Å²) in [7, 11) is 0. The average Bonchev–Trinajstić information content (AvgIpc) is 3.73. The van der Waals surface area contributed by atoms with Crippen molar-refractivity contribution < 1.29 is 31.5 Å².